The fourth-order valence-corrected chi connectivity index (χ4v) is 3.38. The highest BCUT2D eigenvalue weighted by Gasteiger charge is 2.29. The predicted octanol–water partition coefficient (Wildman–Crippen LogP) is 3.15. The topological polar surface area (TPSA) is 96.5 Å². The van der Waals surface area contributed by atoms with Crippen LogP contribution < -0.4 is 16.0 Å². The minimum absolute atomic E-state index is 0.0180. The van der Waals surface area contributed by atoms with Gasteiger partial charge in [0.1, 0.15) is 12.6 Å². The molecule has 7 nitrogen and oxygen atoms in total. The first-order chi connectivity index (χ1) is 14.3. The van der Waals surface area contributed by atoms with Gasteiger partial charge in [-0.05, 0) is 43.9 Å². The first kappa shape index (κ1) is 21.4. The van der Waals surface area contributed by atoms with Gasteiger partial charge in [-0.1, -0.05) is 48.5 Å². The van der Waals surface area contributed by atoms with Gasteiger partial charge in [-0.2, -0.15) is 0 Å². The fourth-order valence-electron chi connectivity index (χ4n) is 3.38. The summed E-state index contributed by atoms with van der Waals surface area (Å²) in [5.41, 5.74) is 1.87. The van der Waals surface area contributed by atoms with Crippen LogP contribution in [0, 0.1) is 0 Å². The molecule has 0 fully saturated rings. The Morgan fingerprint density at radius 2 is 1.80 bits per heavy atom. The molecule has 0 aromatic heterocycles. The molecule has 7 heteroatoms. The number of rotatable bonds is 6. The van der Waals surface area contributed by atoms with Crippen molar-refractivity contribution in [1.29, 1.82) is 0 Å². The zero-order valence-electron chi connectivity index (χ0n) is 17.2. The first-order valence-electron chi connectivity index (χ1n) is 9.99. The van der Waals surface area contributed by atoms with E-state index in [2.05, 4.69) is 16.0 Å². The molecule has 1 aliphatic rings. The van der Waals surface area contributed by atoms with Crippen LogP contribution in [0.5, 0.6) is 0 Å². The normalized spacial score (nSPS) is 15.9. The number of nitrogens with one attached hydrogen (secondary N) is 3. The van der Waals surface area contributed by atoms with Gasteiger partial charge in [0.05, 0.1) is 0 Å². The number of aryl methyl sites for hydroxylation is 1. The lowest BCUT2D eigenvalue weighted by molar-refractivity contribution is -0.127. The second-order valence-electron chi connectivity index (χ2n) is 8.05. The van der Waals surface area contributed by atoms with Crippen molar-refractivity contribution in [2.24, 2.45) is 0 Å². The van der Waals surface area contributed by atoms with Crippen molar-refractivity contribution in [2.75, 3.05) is 5.32 Å². The van der Waals surface area contributed by atoms with Gasteiger partial charge >= 0.3 is 6.09 Å². The lowest BCUT2D eigenvalue weighted by atomic mass is 9.99. The third kappa shape index (κ3) is 6.07. The molecule has 1 unspecified atom stereocenters. The van der Waals surface area contributed by atoms with Crippen LogP contribution in [-0.2, 0) is 27.4 Å². The summed E-state index contributed by atoms with van der Waals surface area (Å²) in [6, 6.07) is 16.3. The molecule has 3 N–H and O–H groups in total. The van der Waals surface area contributed by atoms with Crippen molar-refractivity contribution in [3.05, 3.63) is 65.7 Å². The maximum Gasteiger partial charge on any atom is 0.407 e. The van der Waals surface area contributed by atoms with Crippen LogP contribution in [0.25, 0.3) is 0 Å². The molecule has 0 radical (unpaired) electrons. The molecule has 2 aromatic carbocycles. The Morgan fingerprint density at radius 3 is 2.57 bits per heavy atom. The highest BCUT2D eigenvalue weighted by molar-refractivity contribution is 5.98. The summed E-state index contributed by atoms with van der Waals surface area (Å²) in [7, 11) is 0. The number of hydrogen-bond acceptors (Lipinski definition) is 4. The second kappa shape index (κ2) is 9.43. The fraction of sp³-hybridized carbons (Fsp3) is 0.348. The average Bonchev–Trinajstić information content (AvgIpc) is 2.85. The van der Waals surface area contributed by atoms with E-state index in [1.165, 1.54) is 0 Å². The first-order valence-corrected chi connectivity index (χ1v) is 9.99. The molecule has 1 atom stereocenters. The summed E-state index contributed by atoms with van der Waals surface area (Å²) >= 11 is 0. The second-order valence-corrected chi connectivity index (χ2v) is 8.05. The van der Waals surface area contributed by atoms with Crippen molar-refractivity contribution in [2.45, 2.75) is 51.3 Å². The smallest absolute Gasteiger partial charge is 0.407 e. The van der Waals surface area contributed by atoms with Crippen molar-refractivity contribution in [3.63, 3.8) is 0 Å². The Kier molecular flexibility index (Phi) is 6.72. The number of fused-ring (bicyclic) bond motifs is 1. The lowest BCUT2D eigenvalue weighted by Gasteiger charge is -2.26. The molecule has 0 aliphatic carbocycles. The van der Waals surface area contributed by atoms with E-state index in [1.54, 1.807) is 13.8 Å². The SMILES string of the molecule is CC(C)(CC(=O)NC1CCc2ccccc2NC1=O)NC(=O)OCc1ccccc1. The van der Waals surface area contributed by atoms with E-state index in [-0.39, 0.29) is 24.8 Å². The van der Waals surface area contributed by atoms with Gasteiger partial charge in [-0.3, -0.25) is 9.59 Å². The molecule has 3 rings (SSSR count). The zero-order valence-corrected chi connectivity index (χ0v) is 17.2. The number of carbonyl (C=O) groups excluding carboxylic acids is 3. The van der Waals surface area contributed by atoms with Gasteiger partial charge in [0.15, 0.2) is 0 Å². The van der Waals surface area contributed by atoms with Gasteiger partial charge in [-0.25, -0.2) is 4.79 Å². The Balaban J connectivity index is 1.48. The zero-order chi connectivity index (χ0) is 21.6. The van der Waals surface area contributed by atoms with Gasteiger partial charge in [-0.15, -0.1) is 0 Å². The van der Waals surface area contributed by atoms with Crippen LogP contribution in [0.2, 0.25) is 0 Å². The molecule has 0 bridgehead atoms. The molecule has 0 saturated carbocycles. The molecular weight excluding hydrogens is 382 g/mol. The lowest BCUT2D eigenvalue weighted by Crippen LogP contribution is -2.50. The van der Waals surface area contributed by atoms with Gasteiger partial charge in [0.25, 0.3) is 0 Å². The monoisotopic (exact) mass is 409 g/mol. The van der Waals surface area contributed by atoms with Crippen molar-refractivity contribution >= 4 is 23.6 Å². The summed E-state index contributed by atoms with van der Waals surface area (Å²) in [4.78, 5) is 37.1. The molecule has 30 heavy (non-hydrogen) atoms. The summed E-state index contributed by atoms with van der Waals surface area (Å²) < 4.78 is 5.22. The minimum atomic E-state index is -0.831. The Hall–Kier alpha value is -3.35. The highest BCUT2D eigenvalue weighted by Crippen LogP contribution is 2.21. The molecule has 158 valence electrons. The predicted molar refractivity (Wildman–Crippen MR) is 114 cm³/mol. The summed E-state index contributed by atoms with van der Waals surface area (Å²) in [6.45, 7) is 3.62. The van der Waals surface area contributed by atoms with E-state index in [0.29, 0.717) is 12.8 Å². The molecule has 3 amide bonds. The quantitative estimate of drug-likeness (QED) is 0.683. The molecular formula is C23H27N3O4. The summed E-state index contributed by atoms with van der Waals surface area (Å²) in [5, 5.41) is 8.36. The molecule has 1 heterocycles. The molecule has 2 aromatic rings. The van der Waals surface area contributed by atoms with E-state index in [1.807, 2.05) is 54.6 Å². The number of ether oxygens (including phenoxy) is 1. The van der Waals surface area contributed by atoms with E-state index < -0.39 is 17.7 Å². The third-order valence-corrected chi connectivity index (χ3v) is 4.88. The van der Waals surface area contributed by atoms with Gasteiger partial charge < -0.3 is 20.7 Å². The van der Waals surface area contributed by atoms with Crippen molar-refractivity contribution in [3.8, 4) is 0 Å². The number of para-hydroxylation sites is 1. The number of alkyl carbamates (subject to hydrolysis) is 1. The van der Waals surface area contributed by atoms with Crippen LogP contribution in [0.15, 0.2) is 54.6 Å². The summed E-state index contributed by atoms with van der Waals surface area (Å²) in [6.07, 6.45) is 0.623. The van der Waals surface area contributed by atoms with E-state index >= 15 is 0 Å². The molecule has 0 saturated heterocycles. The molecule has 1 aliphatic heterocycles. The van der Waals surface area contributed by atoms with E-state index in [9.17, 15) is 14.4 Å². The Labute approximate surface area is 176 Å². The highest BCUT2D eigenvalue weighted by atomic mass is 16.5. The van der Waals surface area contributed by atoms with Crippen molar-refractivity contribution < 1.29 is 19.1 Å². The maximum atomic E-state index is 12.5. The van der Waals surface area contributed by atoms with Crippen LogP contribution in [-0.4, -0.2) is 29.5 Å². The molecule has 0 spiro atoms. The number of hydrogen-bond donors (Lipinski definition) is 3. The number of anilines is 1. The maximum absolute atomic E-state index is 12.5. The Morgan fingerprint density at radius 1 is 1.10 bits per heavy atom. The number of carbonyl (C=O) groups is 3. The van der Waals surface area contributed by atoms with Gasteiger partial charge in [0.2, 0.25) is 11.8 Å². The van der Waals surface area contributed by atoms with Crippen LogP contribution >= 0.6 is 0 Å². The third-order valence-electron chi connectivity index (χ3n) is 4.88. The minimum Gasteiger partial charge on any atom is -0.445 e. The average molecular weight is 409 g/mol. The summed E-state index contributed by atoms with van der Waals surface area (Å²) in [5.74, 6) is -0.546. The standard InChI is InChI=1S/C23H27N3O4/c1-23(2,26-22(29)30-15-16-8-4-3-5-9-16)14-20(27)24-19-13-12-17-10-6-7-11-18(17)25-21(19)28/h3-11,19H,12-15H2,1-2H3,(H,24,27)(H,25,28)(H,26,29). The van der Waals surface area contributed by atoms with Gasteiger partial charge in [0, 0.05) is 17.6 Å². The van der Waals surface area contributed by atoms with Crippen LogP contribution in [0.1, 0.15) is 37.8 Å². The van der Waals surface area contributed by atoms with Crippen molar-refractivity contribution in [1.82, 2.24) is 10.6 Å². The number of benzene rings is 2. The van der Waals surface area contributed by atoms with Crippen LogP contribution in [0.3, 0.4) is 0 Å². The van der Waals surface area contributed by atoms with Crippen LogP contribution in [0.4, 0.5) is 10.5 Å². The van der Waals surface area contributed by atoms with E-state index in [4.69, 9.17) is 4.74 Å². The number of amides is 3. The van der Waals surface area contributed by atoms with E-state index in [0.717, 1.165) is 16.8 Å². The Bertz CT molecular complexity index is 912. The largest absolute Gasteiger partial charge is 0.445 e.